The molecule has 4 fully saturated rings. The number of aldehydes is 1. The van der Waals surface area contributed by atoms with Gasteiger partial charge in [-0.1, -0.05) is 20.3 Å². The fourth-order valence-corrected chi connectivity index (χ4v) is 7.91. The normalized spacial score (nSPS) is 54.9. The van der Waals surface area contributed by atoms with Gasteiger partial charge in [0.2, 0.25) is 0 Å². The van der Waals surface area contributed by atoms with E-state index in [1.165, 1.54) is 12.7 Å². The summed E-state index contributed by atoms with van der Waals surface area (Å²) in [6.45, 7) is 4.60. The minimum atomic E-state index is -0.818. The molecule has 3 nitrogen and oxygen atoms in total. The molecule has 4 aliphatic carbocycles. The molecule has 2 bridgehead atoms. The lowest BCUT2D eigenvalue weighted by atomic mass is 9.41. The summed E-state index contributed by atoms with van der Waals surface area (Å²) in [5.41, 5.74) is 0.274. The van der Waals surface area contributed by atoms with Gasteiger partial charge in [0.25, 0.3) is 0 Å². The van der Waals surface area contributed by atoms with E-state index < -0.39 is 5.97 Å². The van der Waals surface area contributed by atoms with Gasteiger partial charge in [0.15, 0.2) is 0 Å². The molecule has 4 aliphatic rings. The van der Waals surface area contributed by atoms with E-state index in [0.717, 1.165) is 51.4 Å². The van der Waals surface area contributed by atoms with Crippen LogP contribution in [0.25, 0.3) is 0 Å². The monoisotopic (exact) mass is 317 g/mol. The van der Waals surface area contributed by atoms with Crippen LogP contribution in [0.1, 0.15) is 71.6 Å². The third kappa shape index (κ3) is 1.94. The van der Waals surface area contributed by atoms with E-state index in [1.807, 2.05) is 0 Å². The minimum absolute atomic E-state index is 0.169. The average molecular weight is 317 g/mol. The van der Waals surface area contributed by atoms with Crippen molar-refractivity contribution in [3.8, 4) is 0 Å². The number of hydrogen-bond acceptors (Lipinski definition) is 3. The quantitative estimate of drug-likeness (QED) is 0.736. The Bertz CT molecular complexity index is 543. The van der Waals surface area contributed by atoms with E-state index in [1.54, 1.807) is 0 Å². The van der Waals surface area contributed by atoms with Crippen molar-refractivity contribution in [3.63, 3.8) is 0 Å². The summed E-state index contributed by atoms with van der Waals surface area (Å²) in [4.78, 5) is 23.4. The summed E-state index contributed by atoms with van der Waals surface area (Å²) in [5.74, 6) is 0.393. The number of carboxylic acids is 1. The third-order valence-corrected chi connectivity index (χ3v) is 8.75. The fraction of sp³-hybridized carbons (Fsp3) is 0.900. The van der Waals surface area contributed by atoms with Crippen molar-refractivity contribution in [2.24, 2.45) is 39.9 Å². The topological polar surface area (TPSA) is 57.2 Å². The predicted molar refractivity (Wildman–Crippen MR) is 85.2 cm³/mol. The smallest absolute Gasteiger partial charge is 0.126 e. The Morgan fingerprint density at radius 1 is 1.04 bits per heavy atom. The van der Waals surface area contributed by atoms with Gasteiger partial charge in [-0.2, -0.15) is 0 Å². The van der Waals surface area contributed by atoms with E-state index >= 15 is 0 Å². The van der Waals surface area contributed by atoms with Crippen LogP contribution in [-0.4, -0.2) is 12.3 Å². The van der Waals surface area contributed by atoms with E-state index in [-0.39, 0.29) is 22.2 Å². The lowest BCUT2D eigenvalue weighted by Crippen LogP contribution is -2.56. The number of rotatable bonds is 2. The van der Waals surface area contributed by atoms with Gasteiger partial charge in [0.05, 0.1) is 0 Å². The molecular formula is C20H29O3-. The summed E-state index contributed by atoms with van der Waals surface area (Å²) in [6.07, 6.45) is 11.0. The molecule has 0 heterocycles. The Hall–Kier alpha value is -0.860. The van der Waals surface area contributed by atoms with Gasteiger partial charge >= 0.3 is 0 Å². The molecule has 7 atom stereocenters. The van der Waals surface area contributed by atoms with Crippen LogP contribution in [0.3, 0.4) is 0 Å². The summed E-state index contributed by atoms with van der Waals surface area (Å²) in [6, 6.07) is 0. The number of aliphatic carboxylic acids is 1. The molecule has 0 N–H and O–H groups in total. The van der Waals surface area contributed by atoms with Crippen LogP contribution in [0.5, 0.6) is 0 Å². The molecule has 4 saturated carbocycles. The maximum Gasteiger partial charge on any atom is 0.126 e. The zero-order chi connectivity index (χ0) is 16.5. The van der Waals surface area contributed by atoms with Crippen LogP contribution in [0.15, 0.2) is 0 Å². The third-order valence-electron chi connectivity index (χ3n) is 8.75. The molecule has 1 spiro atoms. The standard InChI is InChI=1S/C20H30O3/c1-18(12-21)7-3-8-19(2)15(18)6-9-20-10-13(4-5-16(19)20)14(11-20)17(22)23/h12-16H,3-11H2,1-2H3,(H,22,23)/p-1/t13-,14?,15?,16?,18+,19-,20+/m1/s1. The van der Waals surface area contributed by atoms with Gasteiger partial charge in [-0.25, -0.2) is 0 Å². The van der Waals surface area contributed by atoms with E-state index in [4.69, 9.17) is 0 Å². The molecule has 128 valence electrons. The van der Waals surface area contributed by atoms with Crippen molar-refractivity contribution in [1.82, 2.24) is 0 Å². The first-order chi connectivity index (χ1) is 10.8. The van der Waals surface area contributed by atoms with Crippen molar-refractivity contribution in [3.05, 3.63) is 0 Å². The second kappa shape index (κ2) is 4.83. The fourth-order valence-electron chi connectivity index (χ4n) is 7.91. The first-order valence-electron chi connectivity index (χ1n) is 9.52. The molecule has 0 aromatic carbocycles. The average Bonchev–Trinajstić information content (AvgIpc) is 2.78. The first-order valence-corrected chi connectivity index (χ1v) is 9.52. The van der Waals surface area contributed by atoms with E-state index in [0.29, 0.717) is 17.8 Å². The molecule has 0 aromatic rings. The van der Waals surface area contributed by atoms with Gasteiger partial charge in [0.1, 0.15) is 6.29 Å². The van der Waals surface area contributed by atoms with Crippen LogP contribution in [0.4, 0.5) is 0 Å². The van der Waals surface area contributed by atoms with Crippen LogP contribution >= 0.6 is 0 Å². The molecule has 0 radical (unpaired) electrons. The molecule has 0 aromatic heterocycles. The number of fused-ring (bicyclic) bond motifs is 3. The molecular weight excluding hydrogens is 288 g/mol. The maximum absolute atomic E-state index is 11.9. The summed E-state index contributed by atoms with van der Waals surface area (Å²) < 4.78 is 0. The van der Waals surface area contributed by atoms with Crippen molar-refractivity contribution in [2.45, 2.75) is 71.6 Å². The number of carbonyl (C=O) groups is 2. The highest BCUT2D eigenvalue weighted by molar-refractivity contribution is 5.69. The van der Waals surface area contributed by atoms with Crippen molar-refractivity contribution >= 4 is 12.3 Å². The van der Waals surface area contributed by atoms with Crippen molar-refractivity contribution in [2.75, 3.05) is 0 Å². The Kier molecular flexibility index (Phi) is 3.29. The zero-order valence-corrected chi connectivity index (χ0v) is 14.5. The SMILES string of the molecule is C[C@@]12CCC[C@@](C)(C=O)C1CC[C@]13CC(C(=O)[O-])[C@H](CCC12)C3. The number of hydrogen-bond donors (Lipinski definition) is 0. The van der Waals surface area contributed by atoms with Gasteiger partial charge in [0, 0.05) is 17.3 Å². The van der Waals surface area contributed by atoms with Gasteiger partial charge < -0.3 is 14.7 Å². The van der Waals surface area contributed by atoms with Crippen LogP contribution in [0.2, 0.25) is 0 Å². The summed E-state index contributed by atoms with van der Waals surface area (Å²) in [5, 5.41) is 11.6. The number of carbonyl (C=O) groups excluding carboxylic acids is 2. The van der Waals surface area contributed by atoms with Crippen LogP contribution < -0.4 is 5.11 Å². The van der Waals surface area contributed by atoms with E-state index in [2.05, 4.69) is 13.8 Å². The van der Waals surface area contributed by atoms with Gasteiger partial charge in [-0.15, -0.1) is 0 Å². The Morgan fingerprint density at radius 3 is 2.52 bits per heavy atom. The predicted octanol–water partition coefficient (Wildman–Crippen LogP) is 2.96. The Labute approximate surface area is 139 Å². The molecule has 0 amide bonds. The molecule has 4 rings (SSSR count). The lowest BCUT2D eigenvalue weighted by Gasteiger charge is -2.63. The van der Waals surface area contributed by atoms with Crippen LogP contribution in [-0.2, 0) is 9.59 Å². The van der Waals surface area contributed by atoms with E-state index in [9.17, 15) is 14.7 Å². The van der Waals surface area contributed by atoms with Gasteiger partial charge in [-0.05, 0) is 80.0 Å². The second-order valence-electron chi connectivity index (χ2n) is 9.66. The second-order valence-corrected chi connectivity index (χ2v) is 9.66. The Balaban J connectivity index is 1.71. The first kappa shape index (κ1) is 15.7. The van der Waals surface area contributed by atoms with Crippen molar-refractivity contribution < 1.29 is 14.7 Å². The summed E-state index contributed by atoms with van der Waals surface area (Å²) >= 11 is 0. The highest BCUT2D eigenvalue weighted by Gasteiger charge is 2.64. The lowest BCUT2D eigenvalue weighted by molar-refractivity contribution is -0.312. The van der Waals surface area contributed by atoms with Gasteiger partial charge in [-0.3, -0.25) is 0 Å². The molecule has 23 heavy (non-hydrogen) atoms. The molecule has 3 heteroatoms. The molecule has 3 unspecified atom stereocenters. The summed E-state index contributed by atoms with van der Waals surface area (Å²) in [7, 11) is 0. The number of carboxylic acid groups (broad SMARTS) is 1. The highest BCUT2D eigenvalue weighted by atomic mass is 16.4. The minimum Gasteiger partial charge on any atom is -0.550 e. The highest BCUT2D eigenvalue weighted by Crippen LogP contribution is 2.72. The molecule has 0 saturated heterocycles. The largest absolute Gasteiger partial charge is 0.550 e. The Morgan fingerprint density at radius 2 is 1.83 bits per heavy atom. The van der Waals surface area contributed by atoms with Crippen molar-refractivity contribution in [1.29, 1.82) is 0 Å². The van der Waals surface area contributed by atoms with Crippen LogP contribution in [0, 0.1) is 39.9 Å². The molecule has 0 aliphatic heterocycles. The zero-order valence-electron chi connectivity index (χ0n) is 14.5. The maximum atomic E-state index is 11.9.